The lowest BCUT2D eigenvalue weighted by Crippen LogP contribution is -2.34. The van der Waals surface area contributed by atoms with Gasteiger partial charge in [0.1, 0.15) is 0 Å². The predicted molar refractivity (Wildman–Crippen MR) is 43.3 cm³/mol. The zero-order valence-electron chi connectivity index (χ0n) is 5.97. The molecule has 2 nitrogen and oxygen atoms in total. The summed E-state index contributed by atoms with van der Waals surface area (Å²) in [4.78, 5) is 10.6. The summed E-state index contributed by atoms with van der Waals surface area (Å²) < 4.78 is 0. The monoisotopic (exact) mass is 183 g/mol. The average Bonchev–Trinajstić information content (AvgIpc) is 1.59. The lowest BCUT2D eigenvalue weighted by molar-refractivity contribution is -0.121. The van der Waals surface area contributed by atoms with Crippen molar-refractivity contribution >= 4 is 29.1 Å². The quantitative estimate of drug-likeness (QED) is 0.660. The van der Waals surface area contributed by atoms with Gasteiger partial charge in [-0.05, 0) is 13.8 Å². The Morgan fingerprint density at radius 3 is 1.60 bits per heavy atom. The highest BCUT2D eigenvalue weighted by molar-refractivity contribution is 6.25. The fraction of sp³-hybridized carbons (Fsp3) is 0.833. The highest BCUT2D eigenvalue weighted by Crippen LogP contribution is 2.18. The van der Waals surface area contributed by atoms with Gasteiger partial charge in [-0.1, -0.05) is 0 Å². The summed E-state index contributed by atoms with van der Waals surface area (Å²) in [5.41, 5.74) is 5.03. The molecule has 2 atom stereocenters. The first-order chi connectivity index (χ1) is 4.46. The van der Waals surface area contributed by atoms with Crippen molar-refractivity contribution in [1.82, 2.24) is 0 Å². The SMILES string of the molecule is CC(Cl)C(C(N)=O)C(C)Cl. The largest absolute Gasteiger partial charge is 0.369 e. The number of halogens is 2. The lowest BCUT2D eigenvalue weighted by atomic mass is 10.0. The molecule has 0 aromatic rings. The van der Waals surface area contributed by atoms with Crippen molar-refractivity contribution in [3.63, 3.8) is 0 Å². The third-order valence-electron chi connectivity index (χ3n) is 1.32. The van der Waals surface area contributed by atoms with Gasteiger partial charge in [0, 0.05) is 10.8 Å². The lowest BCUT2D eigenvalue weighted by Gasteiger charge is -2.17. The molecule has 0 aliphatic heterocycles. The molecule has 0 saturated heterocycles. The van der Waals surface area contributed by atoms with Gasteiger partial charge in [-0.15, -0.1) is 23.2 Å². The number of nitrogens with two attached hydrogens (primary N) is 1. The first kappa shape index (κ1) is 10.0. The molecule has 4 heteroatoms. The van der Waals surface area contributed by atoms with Gasteiger partial charge in [0.25, 0.3) is 0 Å². The van der Waals surface area contributed by atoms with Crippen LogP contribution in [-0.4, -0.2) is 16.7 Å². The van der Waals surface area contributed by atoms with Crippen molar-refractivity contribution in [2.24, 2.45) is 11.7 Å². The van der Waals surface area contributed by atoms with Crippen LogP contribution in [0.1, 0.15) is 13.8 Å². The summed E-state index contributed by atoms with van der Waals surface area (Å²) in [7, 11) is 0. The van der Waals surface area contributed by atoms with Crippen LogP contribution in [0.2, 0.25) is 0 Å². The molecule has 0 heterocycles. The van der Waals surface area contributed by atoms with E-state index in [4.69, 9.17) is 28.9 Å². The molecule has 60 valence electrons. The Labute approximate surface area is 70.7 Å². The van der Waals surface area contributed by atoms with E-state index in [2.05, 4.69) is 0 Å². The second-order valence-corrected chi connectivity index (χ2v) is 3.66. The van der Waals surface area contributed by atoms with E-state index in [1.807, 2.05) is 0 Å². The molecular weight excluding hydrogens is 173 g/mol. The van der Waals surface area contributed by atoms with Crippen LogP contribution in [0.5, 0.6) is 0 Å². The van der Waals surface area contributed by atoms with Gasteiger partial charge >= 0.3 is 0 Å². The molecule has 1 amide bonds. The normalized spacial score (nSPS) is 19.6. The molecule has 0 aromatic carbocycles. The molecule has 0 saturated carbocycles. The van der Waals surface area contributed by atoms with E-state index < -0.39 is 11.8 Å². The van der Waals surface area contributed by atoms with Crippen molar-refractivity contribution in [2.45, 2.75) is 24.6 Å². The van der Waals surface area contributed by atoms with Crippen molar-refractivity contribution in [1.29, 1.82) is 0 Å². The Hall–Kier alpha value is 0.0500. The zero-order valence-corrected chi connectivity index (χ0v) is 7.49. The van der Waals surface area contributed by atoms with Crippen molar-refractivity contribution < 1.29 is 4.79 Å². The van der Waals surface area contributed by atoms with E-state index >= 15 is 0 Å². The van der Waals surface area contributed by atoms with Gasteiger partial charge in [-0.2, -0.15) is 0 Å². The second-order valence-electron chi connectivity index (χ2n) is 2.28. The van der Waals surface area contributed by atoms with Crippen LogP contribution < -0.4 is 5.73 Å². The van der Waals surface area contributed by atoms with Gasteiger partial charge in [0.2, 0.25) is 5.91 Å². The van der Waals surface area contributed by atoms with Crippen LogP contribution in [0.3, 0.4) is 0 Å². The number of rotatable bonds is 3. The maximum Gasteiger partial charge on any atom is 0.223 e. The number of carbonyl (C=O) groups excluding carboxylic acids is 1. The van der Waals surface area contributed by atoms with E-state index in [1.165, 1.54) is 0 Å². The van der Waals surface area contributed by atoms with Gasteiger partial charge in [-0.25, -0.2) is 0 Å². The summed E-state index contributed by atoms with van der Waals surface area (Å²) in [5.74, 6) is -0.881. The first-order valence-electron chi connectivity index (χ1n) is 3.04. The summed E-state index contributed by atoms with van der Waals surface area (Å²) >= 11 is 11.3. The minimum absolute atomic E-state index is 0.301. The fourth-order valence-corrected chi connectivity index (χ4v) is 1.58. The van der Waals surface area contributed by atoms with Gasteiger partial charge in [0.15, 0.2) is 0 Å². The van der Waals surface area contributed by atoms with Crippen LogP contribution in [0, 0.1) is 5.92 Å². The van der Waals surface area contributed by atoms with Gasteiger partial charge < -0.3 is 5.73 Å². The van der Waals surface area contributed by atoms with E-state index in [0.717, 1.165) is 0 Å². The summed E-state index contributed by atoms with van der Waals surface area (Å²) in [6.07, 6.45) is 0. The molecule has 2 N–H and O–H groups in total. The van der Waals surface area contributed by atoms with Gasteiger partial charge in [0.05, 0.1) is 5.92 Å². The molecule has 0 aliphatic carbocycles. The number of hydrogen-bond acceptors (Lipinski definition) is 1. The Kier molecular flexibility index (Phi) is 4.06. The van der Waals surface area contributed by atoms with Crippen LogP contribution in [0.15, 0.2) is 0 Å². The minimum Gasteiger partial charge on any atom is -0.369 e. The third-order valence-corrected chi connectivity index (χ3v) is 1.86. The number of amides is 1. The molecule has 0 spiro atoms. The minimum atomic E-state index is -0.441. The second kappa shape index (κ2) is 4.04. The van der Waals surface area contributed by atoms with Crippen molar-refractivity contribution in [2.75, 3.05) is 0 Å². The number of primary amides is 1. The molecule has 10 heavy (non-hydrogen) atoms. The molecule has 2 unspecified atom stereocenters. The molecule has 0 bridgehead atoms. The molecule has 0 aliphatic rings. The Morgan fingerprint density at radius 2 is 1.60 bits per heavy atom. The summed E-state index contributed by atoms with van der Waals surface area (Å²) in [6, 6.07) is 0. The number of alkyl halides is 2. The molecule has 0 radical (unpaired) electrons. The predicted octanol–water partition coefficient (Wildman–Crippen LogP) is 1.34. The van der Waals surface area contributed by atoms with Crippen molar-refractivity contribution in [3.8, 4) is 0 Å². The third kappa shape index (κ3) is 2.76. The maximum atomic E-state index is 10.6. The topological polar surface area (TPSA) is 43.1 Å². The fourth-order valence-electron chi connectivity index (χ4n) is 0.818. The van der Waals surface area contributed by atoms with Gasteiger partial charge in [-0.3, -0.25) is 4.79 Å². The average molecular weight is 184 g/mol. The number of hydrogen-bond donors (Lipinski definition) is 1. The number of carbonyl (C=O) groups is 1. The summed E-state index contributed by atoms with van der Waals surface area (Å²) in [6.45, 7) is 3.41. The van der Waals surface area contributed by atoms with Crippen LogP contribution in [-0.2, 0) is 4.79 Å². The Morgan fingerprint density at radius 1 is 1.30 bits per heavy atom. The van der Waals surface area contributed by atoms with Crippen molar-refractivity contribution in [3.05, 3.63) is 0 Å². The molecule has 0 fully saturated rings. The van der Waals surface area contributed by atoms with E-state index in [0.29, 0.717) is 0 Å². The van der Waals surface area contributed by atoms with Crippen LogP contribution in [0.4, 0.5) is 0 Å². The van der Waals surface area contributed by atoms with E-state index in [9.17, 15) is 4.79 Å². The first-order valence-corrected chi connectivity index (χ1v) is 3.91. The Balaban J connectivity index is 4.12. The van der Waals surface area contributed by atoms with Crippen LogP contribution >= 0.6 is 23.2 Å². The van der Waals surface area contributed by atoms with Crippen LogP contribution in [0.25, 0.3) is 0 Å². The molecule has 0 aromatic heterocycles. The molecule has 0 rings (SSSR count). The standard InChI is InChI=1S/C6H11Cl2NO/c1-3(7)5(4(2)8)6(9)10/h3-5H,1-2H3,(H2,9,10). The van der Waals surface area contributed by atoms with E-state index in [1.54, 1.807) is 13.8 Å². The molecular formula is C6H11Cl2NO. The van der Waals surface area contributed by atoms with E-state index in [-0.39, 0.29) is 10.8 Å². The summed E-state index contributed by atoms with van der Waals surface area (Å²) in [5, 5.41) is -0.602. The zero-order chi connectivity index (χ0) is 8.31. The Bertz CT molecular complexity index is 117. The smallest absolute Gasteiger partial charge is 0.223 e. The maximum absolute atomic E-state index is 10.6. The highest BCUT2D eigenvalue weighted by Gasteiger charge is 2.25. The highest BCUT2D eigenvalue weighted by atomic mass is 35.5.